The molecule has 0 spiro atoms. The van der Waals surface area contributed by atoms with Gasteiger partial charge in [0.1, 0.15) is 0 Å². The van der Waals surface area contributed by atoms with Crippen LogP contribution in [0.5, 0.6) is 11.5 Å². The van der Waals surface area contributed by atoms with Crippen molar-refractivity contribution in [3.63, 3.8) is 0 Å². The molecule has 0 saturated heterocycles. The van der Waals surface area contributed by atoms with Gasteiger partial charge in [-0.05, 0) is 25.0 Å². The molecule has 21 heavy (non-hydrogen) atoms. The van der Waals surface area contributed by atoms with E-state index in [0.29, 0.717) is 30.0 Å². The standard InChI is InChI=1S/C15H15NO5/c17-14(10-3-1-2-4-11(10)15(18)19)16-9-5-6-12-13(7-9)21-8-20-12/h1-2,5-7,10-11H,3-4,8H2,(H,16,17)(H,18,19)/t10-,11+/m1/s1. The Balaban J connectivity index is 1.73. The van der Waals surface area contributed by atoms with Crippen molar-refractivity contribution >= 4 is 17.6 Å². The summed E-state index contributed by atoms with van der Waals surface area (Å²) in [5.41, 5.74) is 0.572. The van der Waals surface area contributed by atoms with E-state index in [4.69, 9.17) is 9.47 Å². The van der Waals surface area contributed by atoms with E-state index in [0.717, 1.165) is 0 Å². The van der Waals surface area contributed by atoms with Crippen LogP contribution in [-0.2, 0) is 9.59 Å². The highest BCUT2D eigenvalue weighted by molar-refractivity contribution is 5.95. The first-order chi connectivity index (χ1) is 10.1. The van der Waals surface area contributed by atoms with Gasteiger partial charge in [0, 0.05) is 11.8 Å². The maximum atomic E-state index is 12.3. The van der Waals surface area contributed by atoms with Gasteiger partial charge in [-0.15, -0.1) is 0 Å². The molecule has 6 nitrogen and oxygen atoms in total. The second-order valence-electron chi connectivity index (χ2n) is 5.05. The minimum Gasteiger partial charge on any atom is -0.481 e. The van der Waals surface area contributed by atoms with Crippen LogP contribution in [0.25, 0.3) is 0 Å². The molecule has 1 aromatic rings. The van der Waals surface area contributed by atoms with Crippen molar-refractivity contribution < 1.29 is 24.2 Å². The summed E-state index contributed by atoms with van der Waals surface area (Å²) in [7, 11) is 0. The highest BCUT2D eigenvalue weighted by Crippen LogP contribution is 2.35. The molecule has 0 aromatic heterocycles. The van der Waals surface area contributed by atoms with Gasteiger partial charge in [-0.25, -0.2) is 0 Å². The Bertz CT molecular complexity index is 610. The van der Waals surface area contributed by atoms with Crippen LogP contribution < -0.4 is 14.8 Å². The number of benzene rings is 1. The lowest BCUT2D eigenvalue weighted by Crippen LogP contribution is -2.34. The zero-order valence-corrected chi connectivity index (χ0v) is 11.2. The van der Waals surface area contributed by atoms with E-state index in [1.54, 1.807) is 18.2 Å². The molecule has 0 saturated carbocycles. The van der Waals surface area contributed by atoms with Crippen LogP contribution in [-0.4, -0.2) is 23.8 Å². The maximum Gasteiger partial charge on any atom is 0.307 e. The highest BCUT2D eigenvalue weighted by Gasteiger charge is 2.34. The molecule has 0 bridgehead atoms. The third kappa shape index (κ3) is 2.69. The number of fused-ring (bicyclic) bond motifs is 1. The lowest BCUT2D eigenvalue weighted by molar-refractivity contribution is -0.146. The Morgan fingerprint density at radius 1 is 1.10 bits per heavy atom. The van der Waals surface area contributed by atoms with Crippen molar-refractivity contribution in [2.24, 2.45) is 11.8 Å². The second kappa shape index (κ2) is 5.47. The topological polar surface area (TPSA) is 84.9 Å². The molecule has 110 valence electrons. The number of carbonyl (C=O) groups is 2. The van der Waals surface area contributed by atoms with Crippen LogP contribution in [0.4, 0.5) is 5.69 Å². The summed E-state index contributed by atoms with van der Waals surface area (Å²) >= 11 is 0. The van der Waals surface area contributed by atoms with Crippen LogP contribution in [0.3, 0.4) is 0 Å². The zero-order valence-electron chi connectivity index (χ0n) is 11.2. The number of aliphatic carboxylic acids is 1. The Kier molecular flexibility index (Phi) is 3.51. The number of anilines is 1. The fourth-order valence-corrected chi connectivity index (χ4v) is 2.59. The molecule has 1 amide bonds. The molecule has 0 fully saturated rings. The van der Waals surface area contributed by atoms with Gasteiger partial charge in [0.05, 0.1) is 11.8 Å². The van der Waals surface area contributed by atoms with E-state index < -0.39 is 17.8 Å². The summed E-state index contributed by atoms with van der Waals surface area (Å²) in [4.78, 5) is 23.5. The minimum absolute atomic E-state index is 0.168. The number of carboxylic acids is 1. The first kappa shape index (κ1) is 13.5. The van der Waals surface area contributed by atoms with Crippen LogP contribution >= 0.6 is 0 Å². The molecule has 1 heterocycles. The van der Waals surface area contributed by atoms with Crippen molar-refractivity contribution in [1.29, 1.82) is 0 Å². The SMILES string of the molecule is O=C(O)[C@H]1CC=CC[C@H]1C(=O)Nc1ccc2c(c1)OCO2. The number of hydrogen-bond acceptors (Lipinski definition) is 4. The van der Waals surface area contributed by atoms with Crippen molar-refractivity contribution in [2.45, 2.75) is 12.8 Å². The van der Waals surface area contributed by atoms with E-state index in [1.165, 1.54) is 0 Å². The van der Waals surface area contributed by atoms with E-state index in [2.05, 4.69) is 5.32 Å². The van der Waals surface area contributed by atoms with E-state index in [1.807, 2.05) is 12.2 Å². The van der Waals surface area contributed by atoms with Crippen LogP contribution in [0.15, 0.2) is 30.4 Å². The first-order valence-corrected chi connectivity index (χ1v) is 6.73. The number of carboxylic acid groups (broad SMARTS) is 1. The van der Waals surface area contributed by atoms with E-state index >= 15 is 0 Å². The quantitative estimate of drug-likeness (QED) is 0.832. The molecular formula is C15H15NO5. The lowest BCUT2D eigenvalue weighted by Gasteiger charge is -2.24. The van der Waals surface area contributed by atoms with Gasteiger partial charge < -0.3 is 19.9 Å². The number of nitrogens with one attached hydrogen (secondary N) is 1. The van der Waals surface area contributed by atoms with Gasteiger partial charge in [0.2, 0.25) is 12.7 Å². The number of allylic oxidation sites excluding steroid dienone is 2. The van der Waals surface area contributed by atoms with Crippen LogP contribution in [0.1, 0.15) is 12.8 Å². The fraction of sp³-hybridized carbons (Fsp3) is 0.333. The second-order valence-corrected chi connectivity index (χ2v) is 5.05. The summed E-state index contributed by atoms with van der Waals surface area (Å²) in [6.07, 6.45) is 4.48. The number of ether oxygens (including phenoxy) is 2. The Morgan fingerprint density at radius 2 is 1.81 bits per heavy atom. The van der Waals surface area contributed by atoms with Crippen molar-refractivity contribution in [3.8, 4) is 11.5 Å². The summed E-state index contributed by atoms with van der Waals surface area (Å²) in [5, 5.41) is 12.0. The predicted octanol–water partition coefficient (Wildman–Crippen LogP) is 2.02. The molecule has 1 aromatic carbocycles. The summed E-state index contributed by atoms with van der Waals surface area (Å²) < 4.78 is 10.4. The van der Waals surface area contributed by atoms with Gasteiger partial charge in [-0.2, -0.15) is 0 Å². The molecular weight excluding hydrogens is 274 g/mol. The summed E-state index contributed by atoms with van der Waals surface area (Å²) in [6.45, 7) is 0.168. The van der Waals surface area contributed by atoms with Gasteiger partial charge >= 0.3 is 5.97 Å². The smallest absolute Gasteiger partial charge is 0.307 e. The van der Waals surface area contributed by atoms with Gasteiger partial charge in [0.15, 0.2) is 11.5 Å². The number of carbonyl (C=O) groups excluding carboxylic acids is 1. The molecule has 6 heteroatoms. The van der Waals surface area contributed by atoms with E-state index in [9.17, 15) is 14.7 Å². The Hall–Kier alpha value is -2.50. The maximum absolute atomic E-state index is 12.3. The van der Waals surface area contributed by atoms with Crippen LogP contribution in [0, 0.1) is 11.8 Å². The molecule has 0 radical (unpaired) electrons. The Labute approximate surface area is 121 Å². The Morgan fingerprint density at radius 3 is 2.57 bits per heavy atom. The van der Waals surface area contributed by atoms with Crippen LogP contribution in [0.2, 0.25) is 0 Å². The molecule has 0 unspecified atom stereocenters. The first-order valence-electron chi connectivity index (χ1n) is 6.73. The largest absolute Gasteiger partial charge is 0.481 e. The minimum atomic E-state index is -0.940. The summed E-state index contributed by atoms with van der Waals surface area (Å²) in [6, 6.07) is 5.10. The van der Waals surface area contributed by atoms with Crippen molar-refractivity contribution in [2.75, 3.05) is 12.1 Å². The van der Waals surface area contributed by atoms with Crippen molar-refractivity contribution in [1.82, 2.24) is 0 Å². The molecule has 2 aliphatic rings. The number of amides is 1. The average molecular weight is 289 g/mol. The summed E-state index contributed by atoms with van der Waals surface area (Å²) in [5.74, 6) is -1.25. The fourth-order valence-electron chi connectivity index (χ4n) is 2.59. The molecule has 2 atom stereocenters. The van der Waals surface area contributed by atoms with E-state index in [-0.39, 0.29) is 12.7 Å². The highest BCUT2D eigenvalue weighted by atomic mass is 16.7. The zero-order chi connectivity index (χ0) is 14.8. The molecule has 2 N–H and O–H groups in total. The number of rotatable bonds is 3. The van der Waals surface area contributed by atoms with Gasteiger partial charge in [0.25, 0.3) is 0 Å². The van der Waals surface area contributed by atoms with Gasteiger partial charge in [-0.1, -0.05) is 12.2 Å². The molecule has 1 aliphatic carbocycles. The van der Waals surface area contributed by atoms with Gasteiger partial charge in [-0.3, -0.25) is 9.59 Å². The lowest BCUT2D eigenvalue weighted by atomic mass is 9.82. The third-order valence-corrected chi connectivity index (χ3v) is 3.73. The monoisotopic (exact) mass is 289 g/mol. The normalized spacial score (nSPS) is 22.9. The van der Waals surface area contributed by atoms with Crippen molar-refractivity contribution in [3.05, 3.63) is 30.4 Å². The molecule has 1 aliphatic heterocycles. The molecule has 3 rings (SSSR count). The number of hydrogen-bond donors (Lipinski definition) is 2. The average Bonchev–Trinajstić information content (AvgIpc) is 2.94. The predicted molar refractivity (Wildman–Crippen MR) is 74.2 cm³/mol. The third-order valence-electron chi connectivity index (χ3n) is 3.73.